The molecular weight excluding hydrogens is 391 g/mol. The van der Waals surface area contributed by atoms with Gasteiger partial charge in [-0.3, -0.25) is 14.9 Å². The Labute approximate surface area is 164 Å². The zero-order chi connectivity index (χ0) is 19.4. The standard InChI is InChI=1S/C19H12Cl2N2O4/c20-17-10-1-12(11-18(17)21)19(24)22-13-2-6-15(7-3-13)27-16-8-4-14(5-9-16)23(25)26/h1-11H,(H,22,24). The molecule has 6 nitrogen and oxygen atoms in total. The van der Waals surface area contributed by atoms with Gasteiger partial charge >= 0.3 is 0 Å². The number of non-ortho nitro benzene ring substituents is 1. The van der Waals surface area contributed by atoms with E-state index >= 15 is 0 Å². The number of benzene rings is 3. The predicted molar refractivity (Wildman–Crippen MR) is 104 cm³/mol. The maximum absolute atomic E-state index is 12.2. The van der Waals surface area contributed by atoms with Gasteiger partial charge in [-0.15, -0.1) is 0 Å². The zero-order valence-corrected chi connectivity index (χ0v) is 15.2. The monoisotopic (exact) mass is 402 g/mol. The van der Waals surface area contributed by atoms with Gasteiger partial charge in [0.2, 0.25) is 0 Å². The lowest BCUT2D eigenvalue weighted by molar-refractivity contribution is -0.384. The summed E-state index contributed by atoms with van der Waals surface area (Å²) >= 11 is 11.8. The summed E-state index contributed by atoms with van der Waals surface area (Å²) in [6.07, 6.45) is 0. The molecular formula is C19H12Cl2N2O4. The molecule has 3 aromatic rings. The molecule has 0 aromatic heterocycles. The lowest BCUT2D eigenvalue weighted by Crippen LogP contribution is -2.11. The first-order chi connectivity index (χ1) is 12.9. The fraction of sp³-hybridized carbons (Fsp3) is 0. The number of hydrogen-bond acceptors (Lipinski definition) is 4. The first-order valence-electron chi connectivity index (χ1n) is 7.71. The summed E-state index contributed by atoms with van der Waals surface area (Å²) in [4.78, 5) is 22.4. The molecule has 1 N–H and O–H groups in total. The predicted octanol–water partition coefficient (Wildman–Crippen LogP) is 5.95. The zero-order valence-electron chi connectivity index (χ0n) is 13.7. The molecule has 3 rings (SSSR count). The van der Waals surface area contributed by atoms with Crippen LogP contribution in [-0.4, -0.2) is 10.8 Å². The molecule has 0 aliphatic heterocycles. The van der Waals surface area contributed by atoms with Gasteiger partial charge in [-0.05, 0) is 54.6 Å². The van der Waals surface area contributed by atoms with Crippen molar-refractivity contribution in [3.63, 3.8) is 0 Å². The van der Waals surface area contributed by atoms with Crippen LogP contribution < -0.4 is 10.1 Å². The number of ether oxygens (including phenoxy) is 1. The van der Waals surface area contributed by atoms with Crippen LogP contribution in [0, 0.1) is 10.1 Å². The minimum atomic E-state index is -0.477. The summed E-state index contributed by atoms with van der Waals surface area (Å²) in [5, 5.41) is 14.1. The Bertz CT molecular complexity index is 990. The number of anilines is 1. The Hall–Kier alpha value is -3.09. The number of carbonyl (C=O) groups is 1. The third-order valence-corrected chi connectivity index (χ3v) is 4.32. The van der Waals surface area contributed by atoms with E-state index in [1.165, 1.54) is 30.3 Å². The topological polar surface area (TPSA) is 81.5 Å². The van der Waals surface area contributed by atoms with E-state index in [4.69, 9.17) is 27.9 Å². The fourth-order valence-electron chi connectivity index (χ4n) is 2.22. The Morgan fingerprint density at radius 1 is 0.889 bits per heavy atom. The highest BCUT2D eigenvalue weighted by atomic mass is 35.5. The third kappa shape index (κ3) is 4.75. The molecule has 0 fully saturated rings. The van der Waals surface area contributed by atoms with E-state index in [-0.39, 0.29) is 11.6 Å². The summed E-state index contributed by atoms with van der Waals surface area (Å²) in [7, 11) is 0. The number of hydrogen-bond donors (Lipinski definition) is 1. The highest BCUT2D eigenvalue weighted by molar-refractivity contribution is 6.42. The average molecular weight is 403 g/mol. The Balaban J connectivity index is 1.65. The summed E-state index contributed by atoms with van der Waals surface area (Å²) in [5.41, 5.74) is 0.945. The number of nitro benzene ring substituents is 1. The Morgan fingerprint density at radius 2 is 1.48 bits per heavy atom. The first kappa shape index (κ1) is 18.7. The average Bonchev–Trinajstić information content (AvgIpc) is 2.66. The summed E-state index contributed by atoms with van der Waals surface area (Å²) in [6.45, 7) is 0. The van der Waals surface area contributed by atoms with Gasteiger partial charge in [0.05, 0.1) is 15.0 Å². The normalized spacial score (nSPS) is 10.3. The van der Waals surface area contributed by atoms with Gasteiger partial charge < -0.3 is 10.1 Å². The molecule has 8 heteroatoms. The van der Waals surface area contributed by atoms with E-state index < -0.39 is 4.92 Å². The smallest absolute Gasteiger partial charge is 0.269 e. The molecule has 0 atom stereocenters. The van der Waals surface area contributed by atoms with Crippen molar-refractivity contribution in [2.24, 2.45) is 0 Å². The van der Waals surface area contributed by atoms with Crippen molar-refractivity contribution in [1.82, 2.24) is 0 Å². The van der Waals surface area contributed by atoms with E-state index in [0.29, 0.717) is 32.8 Å². The summed E-state index contributed by atoms with van der Waals surface area (Å²) < 4.78 is 5.62. The molecule has 0 radical (unpaired) electrons. The van der Waals surface area contributed by atoms with Crippen LogP contribution in [0.1, 0.15) is 10.4 Å². The number of halogens is 2. The minimum absolute atomic E-state index is 0.0114. The Morgan fingerprint density at radius 3 is 2.04 bits per heavy atom. The number of amides is 1. The van der Waals surface area contributed by atoms with Gasteiger partial charge in [0.25, 0.3) is 11.6 Å². The highest BCUT2D eigenvalue weighted by Gasteiger charge is 2.09. The Kier molecular flexibility index (Phi) is 5.59. The van der Waals surface area contributed by atoms with Crippen molar-refractivity contribution in [1.29, 1.82) is 0 Å². The second kappa shape index (κ2) is 8.07. The molecule has 0 spiro atoms. The molecule has 0 saturated carbocycles. The van der Waals surface area contributed by atoms with E-state index in [9.17, 15) is 14.9 Å². The van der Waals surface area contributed by atoms with Crippen molar-refractivity contribution in [2.45, 2.75) is 0 Å². The van der Waals surface area contributed by atoms with E-state index in [1.54, 1.807) is 36.4 Å². The van der Waals surface area contributed by atoms with Crippen molar-refractivity contribution in [2.75, 3.05) is 5.32 Å². The van der Waals surface area contributed by atoms with Gasteiger partial charge in [-0.1, -0.05) is 23.2 Å². The van der Waals surface area contributed by atoms with E-state index in [1.807, 2.05) is 0 Å². The fourth-order valence-corrected chi connectivity index (χ4v) is 2.52. The van der Waals surface area contributed by atoms with Crippen molar-refractivity contribution in [3.05, 3.63) is 92.5 Å². The maximum Gasteiger partial charge on any atom is 0.269 e. The van der Waals surface area contributed by atoms with Crippen LogP contribution >= 0.6 is 23.2 Å². The van der Waals surface area contributed by atoms with Crippen molar-refractivity contribution >= 4 is 40.5 Å². The second-order valence-electron chi connectivity index (χ2n) is 5.46. The van der Waals surface area contributed by atoms with E-state index in [2.05, 4.69) is 5.32 Å². The van der Waals surface area contributed by atoms with Crippen LogP contribution in [0.2, 0.25) is 10.0 Å². The number of nitrogens with zero attached hydrogens (tertiary/aromatic N) is 1. The van der Waals surface area contributed by atoms with E-state index in [0.717, 1.165) is 0 Å². The van der Waals surface area contributed by atoms with Gasteiger partial charge in [-0.2, -0.15) is 0 Å². The van der Waals surface area contributed by atoms with Crippen LogP contribution in [0.4, 0.5) is 11.4 Å². The largest absolute Gasteiger partial charge is 0.457 e. The molecule has 0 bridgehead atoms. The van der Waals surface area contributed by atoms with Crippen molar-refractivity contribution in [3.8, 4) is 11.5 Å². The molecule has 0 unspecified atom stereocenters. The summed E-state index contributed by atoms with van der Waals surface area (Å²) in [6, 6.07) is 17.1. The quantitative estimate of drug-likeness (QED) is 0.422. The molecule has 3 aromatic carbocycles. The van der Waals surface area contributed by atoms with Gasteiger partial charge in [0.15, 0.2) is 0 Å². The van der Waals surface area contributed by atoms with Crippen LogP contribution in [0.15, 0.2) is 66.7 Å². The molecule has 0 aliphatic rings. The van der Waals surface area contributed by atoms with Crippen LogP contribution in [0.5, 0.6) is 11.5 Å². The minimum Gasteiger partial charge on any atom is -0.457 e. The van der Waals surface area contributed by atoms with Crippen LogP contribution in [-0.2, 0) is 0 Å². The third-order valence-electron chi connectivity index (χ3n) is 3.58. The lowest BCUT2D eigenvalue weighted by atomic mass is 10.2. The first-order valence-corrected chi connectivity index (χ1v) is 8.47. The van der Waals surface area contributed by atoms with Gasteiger partial charge in [-0.25, -0.2) is 0 Å². The van der Waals surface area contributed by atoms with Gasteiger partial charge in [0.1, 0.15) is 11.5 Å². The molecule has 1 amide bonds. The number of rotatable bonds is 5. The maximum atomic E-state index is 12.2. The number of carbonyl (C=O) groups excluding carboxylic acids is 1. The van der Waals surface area contributed by atoms with Crippen LogP contribution in [0.3, 0.4) is 0 Å². The lowest BCUT2D eigenvalue weighted by Gasteiger charge is -2.08. The molecule has 0 heterocycles. The second-order valence-corrected chi connectivity index (χ2v) is 6.27. The molecule has 0 saturated heterocycles. The molecule has 136 valence electrons. The molecule has 0 aliphatic carbocycles. The molecule has 27 heavy (non-hydrogen) atoms. The highest BCUT2D eigenvalue weighted by Crippen LogP contribution is 2.26. The van der Waals surface area contributed by atoms with Crippen molar-refractivity contribution < 1.29 is 14.5 Å². The number of nitrogens with one attached hydrogen (secondary N) is 1. The number of nitro groups is 1. The van der Waals surface area contributed by atoms with Crippen LogP contribution in [0.25, 0.3) is 0 Å². The SMILES string of the molecule is O=C(Nc1ccc(Oc2ccc([N+](=O)[O-])cc2)cc1)c1ccc(Cl)c(Cl)c1. The van der Waals surface area contributed by atoms with Gasteiger partial charge in [0, 0.05) is 23.4 Å². The summed E-state index contributed by atoms with van der Waals surface area (Å²) in [5.74, 6) is 0.669.